The molecule has 2 aliphatic heterocycles. The van der Waals surface area contributed by atoms with Crippen LogP contribution >= 0.6 is 11.3 Å². The minimum Gasteiger partial charge on any atom is -0.346 e. The highest BCUT2D eigenvalue weighted by atomic mass is 32.1. The third-order valence-corrected chi connectivity index (χ3v) is 6.46. The van der Waals surface area contributed by atoms with E-state index in [0.717, 1.165) is 57.2 Å². The van der Waals surface area contributed by atoms with E-state index in [1.54, 1.807) is 11.3 Å². The normalized spacial score (nSPS) is 18.0. The Hall–Kier alpha value is -1.92. The van der Waals surface area contributed by atoms with Crippen molar-refractivity contribution < 1.29 is 4.79 Å². The summed E-state index contributed by atoms with van der Waals surface area (Å²) in [6.07, 6.45) is 2.29. The van der Waals surface area contributed by atoms with Crippen molar-refractivity contribution in [2.75, 3.05) is 44.7 Å². The molecule has 138 valence electrons. The first kappa shape index (κ1) is 17.5. The number of likely N-dealkylation sites (N-methyl/N-ethyl adjacent to an activating group) is 1. The van der Waals surface area contributed by atoms with Crippen molar-refractivity contribution in [3.63, 3.8) is 0 Å². The van der Waals surface area contributed by atoms with Crippen molar-refractivity contribution >= 4 is 22.4 Å². The molecule has 1 saturated heterocycles. The molecule has 26 heavy (non-hydrogen) atoms. The van der Waals surface area contributed by atoms with Crippen molar-refractivity contribution in [2.24, 2.45) is 0 Å². The van der Waals surface area contributed by atoms with Crippen molar-refractivity contribution in [3.05, 3.63) is 46.5 Å². The average Bonchev–Trinajstić information content (AvgIpc) is 3.10. The van der Waals surface area contributed by atoms with Crippen molar-refractivity contribution in [2.45, 2.75) is 25.8 Å². The van der Waals surface area contributed by atoms with Gasteiger partial charge in [0.05, 0.1) is 12.2 Å². The maximum atomic E-state index is 12.6. The summed E-state index contributed by atoms with van der Waals surface area (Å²) >= 11 is 1.78. The molecule has 0 aliphatic carbocycles. The van der Waals surface area contributed by atoms with Crippen LogP contribution < -0.4 is 4.90 Å². The zero-order valence-electron chi connectivity index (χ0n) is 15.4. The van der Waals surface area contributed by atoms with Crippen molar-refractivity contribution in [1.82, 2.24) is 14.8 Å². The molecule has 2 aliphatic rings. The third kappa shape index (κ3) is 3.91. The first-order chi connectivity index (χ1) is 12.7. The minimum atomic E-state index is 0.258. The van der Waals surface area contributed by atoms with Crippen LogP contribution in [0.5, 0.6) is 0 Å². The summed E-state index contributed by atoms with van der Waals surface area (Å²) in [5.74, 6) is 0.258. The predicted molar refractivity (Wildman–Crippen MR) is 106 cm³/mol. The van der Waals surface area contributed by atoms with Gasteiger partial charge in [0.2, 0.25) is 5.91 Å². The van der Waals surface area contributed by atoms with Crippen LogP contribution in [0.1, 0.15) is 22.6 Å². The minimum absolute atomic E-state index is 0.258. The van der Waals surface area contributed by atoms with Gasteiger partial charge in [-0.1, -0.05) is 41.7 Å². The fraction of sp³-hybridized carbons (Fsp3) is 0.500. The van der Waals surface area contributed by atoms with E-state index in [4.69, 9.17) is 4.98 Å². The Morgan fingerprint density at radius 1 is 1.12 bits per heavy atom. The molecule has 0 atom stereocenters. The number of nitrogens with zero attached hydrogens (tertiary/aromatic N) is 4. The number of aryl methyl sites for hydroxylation is 1. The average molecular weight is 371 g/mol. The number of carbonyl (C=O) groups excluding carboxylic acids is 1. The molecule has 0 spiro atoms. The lowest BCUT2D eigenvalue weighted by atomic mass is 10.1. The maximum absolute atomic E-state index is 12.6. The van der Waals surface area contributed by atoms with Gasteiger partial charge in [-0.2, -0.15) is 0 Å². The van der Waals surface area contributed by atoms with Crippen molar-refractivity contribution in [1.29, 1.82) is 0 Å². The Labute approximate surface area is 159 Å². The third-order valence-electron chi connectivity index (χ3n) is 5.32. The fourth-order valence-corrected chi connectivity index (χ4v) is 4.76. The molecule has 1 aromatic carbocycles. The highest BCUT2D eigenvalue weighted by Gasteiger charge is 2.26. The van der Waals surface area contributed by atoms with Gasteiger partial charge in [0, 0.05) is 50.4 Å². The molecule has 1 fully saturated rings. The van der Waals surface area contributed by atoms with Gasteiger partial charge >= 0.3 is 0 Å². The summed E-state index contributed by atoms with van der Waals surface area (Å²) in [4.78, 5) is 25.5. The molecule has 1 amide bonds. The number of fused-ring (bicyclic) bond motifs is 1. The number of thiazole rings is 1. The Morgan fingerprint density at radius 2 is 1.88 bits per heavy atom. The lowest BCUT2D eigenvalue weighted by molar-refractivity contribution is -0.132. The Balaban J connectivity index is 1.36. The molecule has 2 aromatic rings. The van der Waals surface area contributed by atoms with Gasteiger partial charge in [0.1, 0.15) is 0 Å². The van der Waals surface area contributed by atoms with E-state index in [1.807, 2.05) is 23.1 Å². The molecule has 0 saturated carbocycles. The van der Waals surface area contributed by atoms with Gasteiger partial charge in [-0.3, -0.25) is 4.79 Å². The summed E-state index contributed by atoms with van der Waals surface area (Å²) < 4.78 is 0. The molecule has 0 bridgehead atoms. The van der Waals surface area contributed by atoms with Crippen molar-refractivity contribution in [3.8, 4) is 0 Å². The molecule has 0 unspecified atom stereocenters. The standard InChI is InChI=1S/C20H26N4OS/c1-22-11-13-23(14-12-22)20-21-17-9-10-24(15-18(17)26-20)19(25)8-7-16-5-3-2-4-6-16/h2-6H,7-15H2,1H3. The molecular weight excluding hydrogens is 344 g/mol. The number of rotatable bonds is 4. The molecular formula is C20H26N4OS. The summed E-state index contributed by atoms with van der Waals surface area (Å²) in [6.45, 7) is 5.80. The maximum Gasteiger partial charge on any atom is 0.223 e. The second-order valence-electron chi connectivity index (χ2n) is 7.21. The number of aromatic nitrogens is 1. The Morgan fingerprint density at radius 3 is 2.65 bits per heavy atom. The number of anilines is 1. The molecule has 1 aromatic heterocycles. The summed E-state index contributed by atoms with van der Waals surface area (Å²) in [7, 11) is 2.17. The molecule has 5 nitrogen and oxygen atoms in total. The highest BCUT2D eigenvalue weighted by molar-refractivity contribution is 7.15. The van der Waals surface area contributed by atoms with Crippen LogP contribution in [0.15, 0.2) is 30.3 Å². The van der Waals surface area contributed by atoms with Crippen LogP contribution in [0.3, 0.4) is 0 Å². The first-order valence-corrected chi connectivity index (χ1v) is 10.2. The van der Waals surface area contributed by atoms with Crippen LogP contribution in [0.4, 0.5) is 5.13 Å². The van der Waals surface area contributed by atoms with E-state index in [-0.39, 0.29) is 5.91 Å². The van der Waals surface area contributed by atoms with Crippen LogP contribution in [0.2, 0.25) is 0 Å². The van der Waals surface area contributed by atoms with E-state index >= 15 is 0 Å². The van der Waals surface area contributed by atoms with E-state index in [9.17, 15) is 4.79 Å². The number of piperazine rings is 1. The van der Waals surface area contributed by atoms with Gasteiger partial charge in [-0.15, -0.1) is 0 Å². The highest BCUT2D eigenvalue weighted by Crippen LogP contribution is 2.31. The number of amides is 1. The number of hydrogen-bond donors (Lipinski definition) is 0. The van der Waals surface area contributed by atoms with E-state index in [0.29, 0.717) is 6.42 Å². The Bertz CT molecular complexity index is 752. The van der Waals surface area contributed by atoms with Gasteiger partial charge in [0.25, 0.3) is 0 Å². The lowest BCUT2D eigenvalue weighted by Gasteiger charge is -2.32. The van der Waals surface area contributed by atoms with E-state index in [2.05, 4.69) is 29.0 Å². The topological polar surface area (TPSA) is 39.7 Å². The second kappa shape index (κ2) is 7.76. The summed E-state index contributed by atoms with van der Waals surface area (Å²) in [5, 5.41) is 1.14. The fourth-order valence-electron chi connectivity index (χ4n) is 3.58. The van der Waals surface area contributed by atoms with Gasteiger partial charge in [-0.05, 0) is 19.0 Å². The second-order valence-corrected chi connectivity index (χ2v) is 8.27. The largest absolute Gasteiger partial charge is 0.346 e. The zero-order chi connectivity index (χ0) is 17.9. The zero-order valence-corrected chi connectivity index (χ0v) is 16.2. The summed E-state index contributed by atoms with van der Waals surface area (Å²) in [5.41, 5.74) is 2.43. The van der Waals surface area contributed by atoms with Gasteiger partial charge in [0.15, 0.2) is 5.13 Å². The van der Waals surface area contributed by atoms with E-state index < -0.39 is 0 Å². The number of carbonyl (C=O) groups is 1. The molecule has 4 rings (SSSR count). The van der Waals surface area contributed by atoms with Crippen LogP contribution in [-0.2, 0) is 24.2 Å². The van der Waals surface area contributed by atoms with E-state index in [1.165, 1.54) is 16.1 Å². The van der Waals surface area contributed by atoms with Gasteiger partial charge < -0.3 is 14.7 Å². The molecule has 0 radical (unpaired) electrons. The molecule has 0 N–H and O–H groups in total. The Kier molecular flexibility index (Phi) is 5.22. The quantitative estimate of drug-likeness (QED) is 0.829. The monoisotopic (exact) mass is 370 g/mol. The number of hydrogen-bond acceptors (Lipinski definition) is 5. The lowest BCUT2D eigenvalue weighted by Crippen LogP contribution is -2.44. The summed E-state index contributed by atoms with van der Waals surface area (Å²) in [6, 6.07) is 10.3. The van der Waals surface area contributed by atoms with Crippen LogP contribution in [0, 0.1) is 0 Å². The first-order valence-electron chi connectivity index (χ1n) is 9.43. The van der Waals surface area contributed by atoms with Crippen LogP contribution in [-0.4, -0.2) is 60.5 Å². The molecule has 6 heteroatoms. The predicted octanol–water partition coefficient (Wildman–Crippen LogP) is 2.41. The SMILES string of the molecule is CN1CCN(c2nc3c(s2)CN(C(=O)CCc2ccccc2)CC3)CC1. The number of benzene rings is 1. The smallest absolute Gasteiger partial charge is 0.223 e. The molecule has 3 heterocycles. The van der Waals surface area contributed by atoms with Gasteiger partial charge in [-0.25, -0.2) is 4.98 Å². The van der Waals surface area contributed by atoms with Crippen LogP contribution in [0.25, 0.3) is 0 Å².